The van der Waals surface area contributed by atoms with Crippen LogP contribution in [0.2, 0.25) is 0 Å². The van der Waals surface area contributed by atoms with Crippen LogP contribution in [0, 0.1) is 0 Å². The highest BCUT2D eigenvalue weighted by Gasteiger charge is 2.38. The number of primary amides is 1. The number of hydrogen-bond acceptors (Lipinski definition) is 5. The van der Waals surface area contributed by atoms with Crippen LogP contribution in [0.3, 0.4) is 0 Å². The number of nitrogens with one attached hydrogen (secondary N) is 1. The van der Waals surface area contributed by atoms with Gasteiger partial charge in [0, 0.05) is 6.54 Å². The number of nitrogens with two attached hydrogens (primary N) is 2. The van der Waals surface area contributed by atoms with Gasteiger partial charge in [-0.25, -0.2) is 4.79 Å². The Morgan fingerprint density at radius 2 is 1.77 bits per heavy atom. The second-order valence-electron chi connectivity index (χ2n) is 6.92. The number of rotatable bonds is 6. The number of carboxylic acids is 1. The summed E-state index contributed by atoms with van der Waals surface area (Å²) in [5, 5.41) is 9.67. The molecule has 0 aliphatic carbocycles. The second kappa shape index (κ2) is 11.3. The maximum Gasteiger partial charge on any atom is 0.490 e. The van der Waals surface area contributed by atoms with Gasteiger partial charge in [0.1, 0.15) is 12.1 Å². The van der Waals surface area contributed by atoms with Crippen LogP contribution in [-0.4, -0.2) is 64.5 Å². The minimum atomic E-state index is -5.08. The molecule has 3 atom stereocenters. The first-order chi connectivity index (χ1) is 14.3. The molecule has 2 rings (SSSR count). The summed E-state index contributed by atoms with van der Waals surface area (Å²) in [6.45, 7) is 2.01. The van der Waals surface area contributed by atoms with Gasteiger partial charge < -0.3 is 26.8 Å². The van der Waals surface area contributed by atoms with Crippen molar-refractivity contribution in [2.24, 2.45) is 11.5 Å². The van der Waals surface area contributed by atoms with E-state index in [1.165, 1.54) is 11.8 Å². The Morgan fingerprint density at radius 1 is 1.23 bits per heavy atom. The van der Waals surface area contributed by atoms with Gasteiger partial charge in [0.25, 0.3) is 0 Å². The highest BCUT2D eigenvalue weighted by Crippen LogP contribution is 2.19. The van der Waals surface area contributed by atoms with Crippen LogP contribution in [-0.2, 0) is 25.6 Å². The molecule has 1 heterocycles. The molecular formula is C19H25F3N4O5. The van der Waals surface area contributed by atoms with Crippen molar-refractivity contribution in [2.45, 2.75) is 50.5 Å². The summed E-state index contributed by atoms with van der Waals surface area (Å²) < 4.78 is 31.7. The van der Waals surface area contributed by atoms with E-state index in [2.05, 4.69) is 5.32 Å². The van der Waals surface area contributed by atoms with E-state index in [1.807, 2.05) is 30.3 Å². The number of amides is 3. The first kappa shape index (κ1) is 25.9. The lowest BCUT2D eigenvalue weighted by Gasteiger charge is -2.27. The molecule has 9 nitrogen and oxygen atoms in total. The SMILES string of the molecule is C[C@H](NC(=O)[C@@H]1CCCN1C(=O)[C@@H](N)Cc1ccccc1)C(N)=O.O=C(O)C(F)(F)F. The molecule has 31 heavy (non-hydrogen) atoms. The molecule has 1 fully saturated rings. The lowest BCUT2D eigenvalue weighted by Crippen LogP contribution is -2.54. The molecular weight excluding hydrogens is 421 g/mol. The van der Waals surface area contributed by atoms with Crippen LogP contribution in [0.5, 0.6) is 0 Å². The topological polar surface area (TPSA) is 156 Å². The summed E-state index contributed by atoms with van der Waals surface area (Å²) in [6, 6.07) is 7.44. The molecule has 0 bridgehead atoms. The van der Waals surface area contributed by atoms with Gasteiger partial charge in [-0.15, -0.1) is 0 Å². The van der Waals surface area contributed by atoms with Gasteiger partial charge in [0.05, 0.1) is 6.04 Å². The molecule has 1 saturated heterocycles. The summed E-state index contributed by atoms with van der Waals surface area (Å²) in [4.78, 5) is 46.4. The van der Waals surface area contributed by atoms with Crippen LogP contribution in [0.4, 0.5) is 13.2 Å². The van der Waals surface area contributed by atoms with Gasteiger partial charge in [-0.05, 0) is 31.7 Å². The van der Waals surface area contributed by atoms with Crippen molar-refractivity contribution in [2.75, 3.05) is 6.54 Å². The minimum Gasteiger partial charge on any atom is -0.475 e. The number of benzene rings is 1. The van der Waals surface area contributed by atoms with Crippen LogP contribution in [0.15, 0.2) is 30.3 Å². The standard InChI is InChI=1S/C17H24N4O3.C2HF3O2/c1-11(15(19)22)20-16(23)14-8-5-9-21(14)17(24)13(18)10-12-6-3-2-4-7-12;3-2(4,5)1(6)7/h2-4,6-7,11,13-14H,5,8-10,18H2,1H3,(H2,19,22)(H,20,23);(H,6,7)/t11-,13-,14-;/m0./s1. The van der Waals surface area contributed by atoms with E-state index in [0.29, 0.717) is 19.4 Å². The fourth-order valence-electron chi connectivity index (χ4n) is 2.85. The number of carbonyl (C=O) groups excluding carboxylic acids is 3. The van der Waals surface area contributed by atoms with E-state index < -0.39 is 36.2 Å². The van der Waals surface area contributed by atoms with E-state index in [4.69, 9.17) is 21.4 Å². The summed E-state index contributed by atoms with van der Waals surface area (Å²) in [5.74, 6) is -3.98. The molecule has 0 aromatic heterocycles. The van der Waals surface area contributed by atoms with E-state index in [1.54, 1.807) is 0 Å². The van der Waals surface area contributed by atoms with E-state index in [9.17, 15) is 27.6 Å². The van der Waals surface area contributed by atoms with Crippen molar-refractivity contribution in [3.8, 4) is 0 Å². The van der Waals surface area contributed by atoms with Crippen LogP contribution in [0.1, 0.15) is 25.3 Å². The molecule has 1 aliphatic rings. The van der Waals surface area contributed by atoms with E-state index in [0.717, 1.165) is 12.0 Å². The van der Waals surface area contributed by atoms with Gasteiger partial charge in [-0.2, -0.15) is 13.2 Å². The molecule has 3 amide bonds. The molecule has 0 spiro atoms. The molecule has 12 heteroatoms. The predicted molar refractivity (Wildman–Crippen MR) is 103 cm³/mol. The number of likely N-dealkylation sites (tertiary alicyclic amines) is 1. The van der Waals surface area contributed by atoms with Crippen LogP contribution < -0.4 is 16.8 Å². The Hall–Kier alpha value is -3.15. The summed E-state index contributed by atoms with van der Waals surface area (Å²) in [7, 11) is 0. The van der Waals surface area contributed by atoms with E-state index >= 15 is 0 Å². The smallest absolute Gasteiger partial charge is 0.475 e. The number of carbonyl (C=O) groups is 4. The van der Waals surface area contributed by atoms with E-state index in [-0.39, 0.29) is 11.8 Å². The average Bonchev–Trinajstić information content (AvgIpc) is 3.17. The van der Waals surface area contributed by atoms with Crippen LogP contribution >= 0.6 is 0 Å². The Kier molecular flexibility index (Phi) is 9.43. The van der Waals surface area contributed by atoms with Gasteiger partial charge in [-0.1, -0.05) is 30.3 Å². The lowest BCUT2D eigenvalue weighted by atomic mass is 10.1. The number of nitrogens with zero attached hydrogens (tertiary/aromatic N) is 1. The predicted octanol–water partition coefficient (Wildman–Crippen LogP) is 0.171. The molecule has 0 saturated carbocycles. The summed E-state index contributed by atoms with van der Waals surface area (Å²) >= 11 is 0. The first-order valence-corrected chi connectivity index (χ1v) is 9.34. The number of carboxylic acid groups (broad SMARTS) is 1. The molecule has 1 aromatic carbocycles. The first-order valence-electron chi connectivity index (χ1n) is 9.34. The largest absolute Gasteiger partial charge is 0.490 e. The fourth-order valence-corrected chi connectivity index (χ4v) is 2.85. The Labute approximate surface area is 176 Å². The zero-order chi connectivity index (χ0) is 23.8. The van der Waals surface area contributed by atoms with Gasteiger partial charge in [0.2, 0.25) is 17.7 Å². The Bertz CT molecular complexity index is 788. The fraction of sp³-hybridized carbons (Fsp3) is 0.474. The molecule has 6 N–H and O–H groups in total. The van der Waals surface area contributed by atoms with Crippen molar-refractivity contribution in [1.29, 1.82) is 0 Å². The number of halogens is 3. The summed E-state index contributed by atoms with van der Waals surface area (Å²) in [5.41, 5.74) is 12.2. The third-order valence-electron chi connectivity index (χ3n) is 4.48. The highest BCUT2D eigenvalue weighted by molar-refractivity contribution is 5.93. The quantitative estimate of drug-likeness (QED) is 0.488. The van der Waals surface area contributed by atoms with Gasteiger partial charge >= 0.3 is 12.1 Å². The van der Waals surface area contributed by atoms with Crippen molar-refractivity contribution >= 4 is 23.7 Å². The van der Waals surface area contributed by atoms with Crippen LogP contribution in [0.25, 0.3) is 0 Å². The maximum absolute atomic E-state index is 12.6. The Morgan fingerprint density at radius 3 is 2.26 bits per heavy atom. The molecule has 1 aliphatic heterocycles. The average molecular weight is 446 g/mol. The molecule has 172 valence electrons. The van der Waals surface area contributed by atoms with Crippen molar-refractivity contribution in [3.63, 3.8) is 0 Å². The Balaban J connectivity index is 0.000000592. The highest BCUT2D eigenvalue weighted by atomic mass is 19.4. The van der Waals surface area contributed by atoms with Crippen molar-refractivity contribution < 1.29 is 37.5 Å². The number of alkyl halides is 3. The van der Waals surface area contributed by atoms with Crippen molar-refractivity contribution in [3.05, 3.63) is 35.9 Å². The zero-order valence-corrected chi connectivity index (χ0v) is 16.8. The number of hydrogen-bond donors (Lipinski definition) is 4. The zero-order valence-electron chi connectivity index (χ0n) is 16.8. The molecule has 0 unspecified atom stereocenters. The summed E-state index contributed by atoms with van der Waals surface area (Å²) in [6.07, 6.45) is -3.38. The third kappa shape index (κ3) is 8.24. The molecule has 0 radical (unpaired) electrons. The monoisotopic (exact) mass is 446 g/mol. The maximum atomic E-state index is 12.6. The molecule has 1 aromatic rings. The van der Waals surface area contributed by atoms with Crippen molar-refractivity contribution in [1.82, 2.24) is 10.2 Å². The minimum absolute atomic E-state index is 0.247. The lowest BCUT2D eigenvalue weighted by molar-refractivity contribution is -0.192. The third-order valence-corrected chi connectivity index (χ3v) is 4.48. The van der Waals surface area contributed by atoms with Gasteiger partial charge in [0.15, 0.2) is 0 Å². The second-order valence-corrected chi connectivity index (χ2v) is 6.92. The van der Waals surface area contributed by atoms with Gasteiger partial charge in [-0.3, -0.25) is 14.4 Å². The normalized spacial score (nSPS) is 17.7. The number of aliphatic carboxylic acids is 1.